The van der Waals surface area contributed by atoms with Gasteiger partial charge in [-0.2, -0.15) is 0 Å². The van der Waals surface area contributed by atoms with Crippen molar-refractivity contribution in [3.05, 3.63) is 71.9 Å². The molecule has 2 N–H and O–H groups in total. The normalized spacial score (nSPS) is 12.6. The second-order valence-electron chi connectivity index (χ2n) is 5.65. The zero-order valence-electron chi connectivity index (χ0n) is 12.5. The van der Waals surface area contributed by atoms with Crippen LogP contribution < -0.4 is 5.32 Å². The highest BCUT2D eigenvalue weighted by Gasteiger charge is 2.07. The Kier molecular flexibility index (Phi) is 4.37. The van der Waals surface area contributed by atoms with Gasteiger partial charge >= 0.3 is 0 Å². The van der Waals surface area contributed by atoms with Crippen molar-refractivity contribution < 1.29 is 0 Å². The number of aromatic amines is 1. The molecule has 0 saturated carbocycles. The second-order valence-corrected chi connectivity index (χ2v) is 5.65. The van der Waals surface area contributed by atoms with Gasteiger partial charge in [0, 0.05) is 23.1 Å². The number of rotatable bonds is 6. The van der Waals surface area contributed by atoms with E-state index in [0.29, 0.717) is 6.04 Å². The van der Waals surface area contributed by atoms with Crippen LogP contribution in [0.15, 0.2) is 60.8 Å². The fraction of sp³-hybridized carbons (Fsp3) is 0.263. The lowest BCUT2D eigenvalue weighted by molar-refractivity contribution is 0.550. The van der Waals surface area contributed by atoms with E-state index in [-0.39, 0.29) is 0 Å². The van der Waals surface area contributed by atoms with E-state index in [1.807, 2.05) is 0 Å². The first-order valence-corrected chi connectivity index (χ1v) is 7.65. The topological polar surface area (TPSA) is 27.8 Å². The standard InChI is InChI=1S/C19H22N2/c1-15(20-12-11-16-7-3-2-4-8-16)13-17-14-21-19-10-6-5-9-18(17)19/h2-10,14-15,20-21H,11-13H2,1H3/t15-/m1/s1. The molecule has 2 heteroatoms. The first-order valence-electron chi connectivity index (χ1n) is 7.65. The largest absolute Gasteiger partial charge is 0.361 e. The molecule has 2 nitrogen and oxygen atoms in total. The average Bonchev–Trinajstić information content (AvgIpc) is 2.92. The monoisotopic (exact) mass is 278 g/mol. The van der Waals surface area contributed by atoms with Crippen LogP contribution in [-0.4, -0.2) is 17.6 Å². The molecule has 108 valence electrons. The summed E-state index contributed by atoms with van der Waals surface area (Å²) in [5, 5.41) is 4.96. The zero-order valence-corrected chi connectivity index (χ0v) is 12.5. The highest BCUT2D eigenvalue weighted by atomic mass is 14.9. The van der Waals surface area contributed by atoms with Crippen LogP contribution in [-0.2, 0) is 12.8 Å². The number of benzene rings is 2. The van der Waals surface area contributed by atoms with Gasteiger partial charge in [-0.25, -0.2) is 0 Å². The molecular formula is C19H22N2. The van der Waals surface area contributed by atoms with Crippen molar-refractivity contribution in [2.24, 2.45) is 0 Å². The predicted molar refractivity (Wildman–Crippen MR) is 89.6 cm³/mol. The van der Waals surface area contributed by atoms with Crippen molar-refractivity contribution >= 4 is 10.9 Å². The maximum absolute atomic E-state index is 3.62. The maximum atomic E-state index is 3.62. The molecule has 1 aromatic heterocycles. The Bertz CT molecular complexity index is 685. The third-order valence-electron chi connectivity index (χ3n) is 3.95. The van der Waals surface area contributed by atoms with Gasteiger partial charge in [-0.15, -0.1) is 0 Å². The number of nitrogens with one attached hydrogen (secondary N) is 2. The Morgan fingerprint density at radius 1 is 1.00 bits per heavy atom. The van der Waals surface area contributed by atoms with Crippen molar-refractivity contribution in [2.45, 2.75) is 25.8 Å². The van der Waals surface area contributed by atoms with Crippen LogP contribution in [0.4, 0.5) is 0 Å². The number of hydrogen-bond donors (Lipinski definition) is 2. The Labute approximate surface area is 126 Å². The lowest BCUT2D eigenvalue weighted by Gasteiger charge is -2.13. The smallest absolute Gasteiger partial charge is 0.0456 e. The minimum Gasteiger partial charge on any atom is -0.361 e. The minimum absolute atomic E-state index is 0.480. The Morgan fingerprint density at radius 3 is 2.62 bits per heavy atom. The fourth-order valence-electron chi connectivity index (χ4n) is 2.81. The molecular weight excluding hydrogens is 256 g/mol. The summed E-state index contributed by atoms with van der Waals surface area (Å²) < 4.78 is 0. The number of aromatic nitrogens is 1. The Hall–Kier alpha value is -2.06. The molecule has 3 rings (SSSR count). The van der Waals surface area contributed by atoms with Crippen LogP contribution in [0, 0.1) is 0 Å². The number of hydrogen-bond acceptors (Lipinski definition) is 1. The summed E-state index contributed by atoms with van der Waals surface area (Å²) in [5.74, 6) is 0. The molecule has 21 heavy (non-hydrogen) atoms. The van der Waals surface area contributed by atoms with Gasteiger partial charge in [-0.3, -0.25) is 0 Å². The van der Waals surface area contributed by atoms with Gasteiger partial charge in [0.25, 0.3) is 0 Å². The molecule has 1 atom stereocenters. The molecule has 0 radical (unpaired) electrons. The van der Waals surface area contributed by atoms with E-state index in [2.05, 4.69) is 78.0 Å². The summed E-state index contributed by atoms with van der Waals surface area (Å²) in [6.45, 7) is 3.28. The summed E-state index contributed by atoms with van der Waals surface area (Å²) in [4.78, 5) is 3.35. The van der Waals surface area contributed by atoms with Crippen LogP contribution in [0.2, 0.25) is 0 Å². The molecule has 3 aromatic rings. The van der Waals surface area contributed by atoms with E-state index in [0.717, 1.165) is 19.4 Å². The first kappa shape index (κ1) is 13.9. The summed E-state index contributed by atoms with van der Waals surface area (Å²) in [5.41, 5.74) is 4.01. The van der Waals surface area contributed by atoms with Crippen molar-refractivity contribution in [1.29, 1.82) is 0 Å². The lowest BCUT2D eigenvalue weighted by atomic mass is 10.1. The molecule has 0 saturated heterocycles. The predicted octanol–water partition coefficient (Wildman–Crippen LogP) is 3.93. The molecule has 2 aromatic carbocycles. The van der Waals surface area contributed by atoms with Gasteiger partial charge in [0.2, 0.25) is 0 Å². The highest BCUT2D eigenvalue weighted by molar-refractivity contribution is 5.83. The molecule has 0 amide bonds. The van der Waals surface area contributed by atoms with Crippen LogP contribution in [0.1, 0.15) is 18.1 Å². The molecule has 0 aliphatic rings. The SMILES string of the molecule is C[C@H](Cc1c[nH]c2ccccc12)NCCc1ccccc1. The van der Waals surface area contributed by atoms with E-state index in [1.165, 1.54) is 22.0 Å². The molecule has 0 aliphatic heterocycles. The van der Waals surface area contributed by atoms with E-state index in [1.54, 1.807) is 0 Å². The summed E-state index contributed by atoms with van der Waals surface area (Å²) >= 11 is 0. The number of para-hydroxylation sites is 1. The van der Waals surface area contributed by atoms with Gasteiger partial charge in [0.05, 0.1) is 0 Å². The summed E-state index contributed by atoms with van der Waals surface area (Å²) in [6, 6.07) is 19.6. The highest BCUT2D eigenvalue weighted by Crippen LogP contribution is 2.18. The number of H-pyrrole nitrogens is 1. The molecule has 0 unspecified atom stereocenters. The van der Waals surface area contributed by atoms with Gasteiger partial charge < -0.3 is 10.3 Å². The quantitative estimate of drug-likeness (QED) is 0.702. The Balaban J connectivity index is 1.53. The van der Waals surface area contributed by atoms with Crippen molar-refractivity contribution in [3.8, 4) is 0 Å². The lowest BCUT2D eigenvalue weighted by Crippen LogP contribution is -2.29. The van der Waals surface area contributed by atoms with E-state index < -0.39 is 0 Å². The molecule has 0 fully saturated rings. The molecule has 1 heterocycles. The third-order valence-corrected chi connectivity index (χ3v) is 3.95. The minimum atomic E-state index is 0.480. The van der Waals surface area contributed by atoms with Gasteiger partial charge in [0.1, 0.15) is 0 Å². The van der Waals surface area contributed by atoms with Crippen molar-refractivity contribution in [3.63, 3.8) is 0 Å². The Morgan fingerprint density at radius 2 is 1.76 bits per heavy atom. The maximum Gasteiger partial charge on any atom is 0.0456 e. The van der Waals surface area contributed by atoms with Crippen LogP contribution in [0.5, 0.6) is 0 Å². The van der Waals surface area contributed by atoms with Crippen molar-refractivity contribution in [2.75, 3.05) is 6.54 Å². The first-order chi connectivity index (χ1) is 10.3. The number of fused-ring (bicyclic) bond motifs is 1. The van der Waals surface area contributed by atoms with Crippen molar-refractivity contribution in [1.82, 2.24) is 10.3 Å². The third kappa shape index (κ3) is 3.53. The van der Waals surface area contributed by atoms with Crippen LogP contribution >= 0.6 is 0 Å². The molecule has 0 aliphatic carbocycles. The zero-order chi connectivity index (χ0) is 14.5. The van der Waals surface area contributed by atoms with Crippen LogP contribution in [0.3, 0.4) is 0 Å². The molecule has 0 spiro atoms. The van der Waals surface area contributed by atoms with E-state index in [9.17, 15) is 0 Å². The van der Waals surface area contributed by atoms with Gasteiger partial charge in [0.15, 0.2) is 0 Å². The summed E-state index contributed by atoms with van der Waals surface area (Å²) in [6.07, 6.45) is 4.28. The van der Waals surface area contributed by atoms with Gasteiger partial charge in [-0.05, 0) is 43.5 Å². The second kappa shape index (κ2) is 6.59. The van der Waals surface area contributed by atoms with E-state index >= 15 is 0 Å². The van der Waals surface area contributed by atoms with Gasteiger partial charge in [-0.1, -0.05) is 48.5 Å². The fourth-order valence-corrected chi connectivity index (χ4v) is 2.81. The summed E-state index contributed by atoms with van der Waals surface area (Å²) in [7, 11) is 0. The molecule has 0 bridgehead atoms. The van der Waals surface area contributed by atoms with E-state index in [4.69, 9.17) is 0 Å². The van der Waals surface area contributed by atoms with Crippen LogP contribution in [0.25, 0.3) is 10.9 Å². The average molecular weight is 278 g/mol.